The zero-order valence-corrected chi connectivity index (χ0v) is 14.2. The molecule has 3 nitrogen and oxygen atoms in total. The average Bonchev–Trinajstić information content (AvgIpc) is 2.38. The van der Waals surface area contributed by atoms with Gasteiger partial charge in [0, 0.05) is 10.2 Å². The van der Waals surface area contributed by atoms with Crippen LogP contribution < -0.4 is 5.32 Å². The molecule has 1 amide bonds. The summed E-state index contributed by atoms with van der Waals surface area (Å²) in [7, 11) is 0. The minimum absolute atomic E-state index is 0.275. The van der Waals surface area contributed by atoms with Crippen LogP contribution in [0, 0.1) is 5.82 Å². The first kappa shape index (κ1) is 16.5. The SMILES string of the molecule is CC(C)(C)OC(=O)Nc1ccc(-c2ccc(F)cc2)c(Br)c1. The summed E-state index contributed by atoms with van der Waals surface area (Å²) in [5.41, 5.74) is 1.87. The Kier molecular flexibility index (Phi) is 4.86. The summed E-state index contributed by atoms with van der Waals surface area (Å²) in [6, 6.07) is 11.6. The summed E-state index contributed by atoms with van der Waals surface area (Å²) in [5, 5.41) is 2.68. The van der Waals surface area contributed by atoms with E-state index in [1.54, 1.807) is 45.0 Å². The fourth-order valence-electron chi connectivity index (χ4n) is 1.88. The number of ether oxygens (including phenoxy) is 1. The number of hydrogen-bond acceptors (Lipinski definition) is 2. The van der Waals surface area contributed by atoms with E-state index in [0.29, 0.717) is 5.69 Å². The molecule has 1 N–H and O–H groups in total. The molecule has 0 atom stereocenters. The van der Waals surface area contributed by atoms with E-state index in [2.05, 4.69) is 21.2 Å². The van der Waals surface area contributed by atoms with Gasteiger partial charge in [0.2, 0.25) is 0 Å². The standard InChI is InChI=1S/C17H17BrFNO2/c1-17(2,3)22-16(21)20-13-8-9-14(15(18)10-13)11-4-6-12(19)7-5-11/h4-10H,1-3H3,(H,20,21). The van der Waals surface area contributed by atoms with Crippen LogP contribution in [0.2, 0.25) is 0 Å². The molecule has 22 heavy (non-hydrogen) atoms. The molecule has 0 aliphatic carbocycles. The van der Waals surface area contributed by atoms with Crippen molar-refractivity contribution in [3.05, 3.63) is 52.8 Å². The van der Waals surface area contributed by atoms with Crippen LogP contribution in [-0.2, 0) is 4.74 Å². The fourth-order valence-corrected chi connectivity index (χ4v) is 2.49. The quantitative estimate of drug-likeness (QED) is 0.751. The molecule has 0 aliphatic rings. The Morgan fingerprint density at radius 1 is 1.14 bits per heavy atom. The number of nitrogens with one attached hydrogen (secondary N) is 1. The second-order valence-electron chi connectivity index (χ2n) is 5.83. The molecule has 116 valence electrons. The molecule has 0 aromatic heterocycles. The lowest BCUT2D eigenvalue weighted by Crippen LogP contribution is -2.27. The third-order valence-electron chi connectivity index (χ3n) is 2.77. The van der Waals surface area contributed by atoms with Crippen molar-refractivity contribution in [3.8, 4) is 11.1 Å². The Labute approximate surface area is 137 Å². The van der Waals surface area contributed by atoms with Crippen molar-refractivity contribution in [2.24, 2.45) is 0 Å². The van der Waals surface area contributed by atoms with E-state index < -0.39 is 11.7 Å². The van der Waals surface area contributed by atoms with Gasteiger partial charge in [-0.3, -0.25) is 5.32 Å². The molecule has 2 rings (SSSR count). The van der Waals surface area contributed by atoms with Gasteiger partial charge >= 0.3 is 6.09 Å². The minimum Gasteiger partial charge on any atom is -0.444 e. The highest BCUT2D eigenvalue weighted by molar-refractivity contribution is 9.10. The van der Waals surface area contributed by atoms with Crippen molar-refractivity contribution in [2.45, 2.75) is 26.4 Å². The van der Waals surface area contributed by atoms with Crippen LogP contribution in [0.4, 0.5) is 14.9 Å². The van der Waals surface area contributed by atoms with Gasteiger partial charge in [-0.2, -0.15) is 0 Å². The summed E-state index contributed by atoms with van der Waals surface area (Å²) in [4.78, 5) is 11.7. The van der Waals surface area contributed by atoms with Gasteiger partial charge in [0.1, 0.15) is 11.4 Å². The third kappa shape index (κ3) is 4.56. The van der Waals surface area contributed by atoms with Crippen LogP contribution in [0.5, 0.6) is 0 Å². The van der Waals surface area contributed by atoms with Gasteiger partial charge in [0.15, 0.2) is 0 Å². The fraction of sp³-hybridized carbons (Fsp3) is 0.235. The maximum atomic E-state index is 13.0. The largest absolute Gasteiger partial charge is 0.444 e. The van der Waals surface area contributed by atoms with E-state index in [-0.39, 0.29) is 5.82 Å². The molecule has 0 aliphatic heterocycles. The van der Waals surface area contributed by atoms with Gasteiger partial charge in [0.25, 0.3) is 0 Å². The molecule has 0 saturated carbocycles. The normalized spacial score (nSPS) is 11.1. The summed E-state index contributed by atoms with van der Waals surface area (Å²) in [5.74, 6) is -0.275. The van der Waals surface area contributed by atoms with Crippen molar-refractivity contribution in [3.63, 3.8) is 0 Å². The van der Waals surface area contributed by atoms with Crippen LogP contribution in [0.15, 0.2) is 46.9 Å². The zero-order chi connectivity index (χ0) is 16.3. The molecule has 2 aromatic rings. The number of amides is 1. The van der Waals surface area contributed by atoms with Crippen LogP contribution in [0.25, 0.3) is 11.1 Å². The average molecular weight is 366 g/mol. The summed E-state index contributed by atoms with van der Waals surface area (Å²) >= 11 is 3.47. The van der Waals surface area contributed by atoms with E-state index in [9.17, 15) is 9.18 Å². The minimum atomic E-state index is -0.546. The Morgan fingerprint density at radius 3 is 2.32 bits per heavy atom. The monoisotopic (exact) mass is 365 g/mol. The maximum absolute atomic E-state index is 13.0. The number of anilines is 1. The van der Waals surface area contributed by atoms with E-state index in [1.807, 2.05) is 6.07 Å². The maximum Gasteiger partial charge on any atom is 0.412 e. The predicted octanol–water partition coefficient (Wildman–Crippen LogP) is 5.60. The molecular weight excluding hydrogens is 349 g/mol. The molecule has 0 radical (unpaired) electrons. The number of halogens is 2. The topological polar surface area (TPSA) is 38.3 Å². The zero-order valence-electron chi connectivity index (χ0n) is 12.6. The summed E-state index contributed by atoms with van der Waals surface area (Å²) < 4.78 is 19.0. The van der Waals surface area contributed by atoms with E-state index >= 15 is 0 Å². The molecule has 2 aromatic carbocycles. The van der Waals surface area contributed by atoms with Gasteiger partial charge < -0.3 is 4.74 Å². The molecule has 0 bridgehead atoms. The number of hydrogen-bond donors (Lipinski definition) is 1. The lowest BCUT2D eigenvalue weighted by atomic mass is 10.1. The van der Waals surface area contributed by atoms with Crippen molar-refractivity contribution >= 4 is 27.7 Å². The van der Waals surface area contributed by atoms with Gasteiger partial charge in [0.05, 0.1) is 0 Å². The van der Waals surface area contributed by atoms with Crippen LogP contribution >= 0.6 is 15.9 Å². The number of benzene rings is 2. The van der Waals surface area contributed by atoms with Crippen molar-refractivity contribution < 1.29 is 13.9 Å². The lowest BCUT2D eigenvalue weighted by molar-refractivity contribution is 0.0636. The van der Waals surface area contributed by atoms with Crippen molar-refractivity contribution in [2.75, 3.05) is 5.32 Å². The highest BCUT2D eigenvalue weighted by atomic mass is 79.9. The molecule has 0 fully saturated rings. The highest BCUT2D eigenvalue weighted by Gasteiger charge is 2.16. The lowest BCUT2D eigenvalue weighted by Gasteiger charge is -2.19. The van der Waals surface area contributed by atoms with Gasteiger partial charge in [-0.05, 0) is 56.2 Å². The van der Waals surface area contributed by atoms with Crippen molar-refractivity contribution in [1.29, 1.82) is 0 Å². The van der Waals surface area contributed by atoms with Gasteiger partial charge in [-0.25, -0.2) is 9.18 Å². The molecule has 0 spiro atoms. The third-order valence-corrected chi connectivity index (χ3v) is 3.43. The molecule has 0 unspecified atom stereocenters. The van der Waals surface area contributed by atoms with Crippen LogP contribution in [0.3, 0.4) is 0 Å². The Hall–Kier alpha value is -1.88. The van der Waals surface area contributed by atoms with Crippen molar-refractivity contribution in [1.82, 2.24) is 0 Å². The molecular formula is C17H17BrFNO2. The Morgan fingerprint density at radius 2 is 1.77 bits per heavy atom. The molecule has 0 saturated heterocycles. The molecule has 5 heteroatoms. The number of carbonyl (C=O) groups excluding carboxylic acids is 1. The van der Waals surface area contributed by atoms with E-state index in [1.165, 1.54) is 12.1 Å². The second-order valence-corrected chi connectivity index (χ2v) is 6.68. The first-order valence-corrected chi connectivity index (χ1v) is 7.59. The second kappa shape index (κ2) is 6.48. The Bertz CT molecular complexity index is 678. The number of carbonyl (C=O) groups is 1. The first-order chi connectivity index (χ1) is 10.2. The summed E-state index contributed by atoms with van der Waals surface area (Å²) in [6.45, 7) is 5.42. The Balaban J connectivity index is 2.16. The van der Waals surface area contributed by atoms with E-state index in [4.69, 9.17) is 4.74 Å². The molecule has 0 heterocycles. The van der Waals surface area contributed by atoms with E-state index in [0.717, 1.165) is 15.6 Å². The van der Waals surface area contributed by atoms with Gasteiger partial charge in [-0.1, -0.05) is 34.1 Å². The summed E-state index contributed by atoms with van der Waals surface area (Å²) in [6.07, 6.45) is -0.506. The van der Waals surface area contributed by atoms with Crippen LogP contribution in [-0.4, -0.2) is 11.7 Å². The highest BCUT2D eigenvalue weighted by Crippen LogP contribution is 2.31. The van der Waals surface area contributed by atoms with Gasteiger partial charge in [-0.15, -0.1) is 0 Å². The first-order valence-electron chi connectivity index (χ1n) is 6.80. The predicted molar refractivity (Wildman–Crippen MR) is 89.4 cm³/mol. The number of rotatable bonds is 2. The van der Waals surface area contributed by atoms with Crippen LogP contribution in [0.1, 0.15) is 20.8 Å². The smallest absolute Gasteiger partial charge is 0.412 e.